The maximum absolute atomic E-state index is 13.4. The average molecular weight is 950 g/mol. The van der Waals surface area contributed by atoms with Gasteiger partial charge in [0.05, 0.1) is 22.9 Å². The Morgan fingerprint density at radius 3 is 1.00 bits per heavy atom. The summed E-state index contributed by atoms with van der Waals surface area (Å²) in [7, 11) is 0. The molecule has 3 aromatic heterocycles. The van der Waals surface area contributed by atoms with Crippen molar-refractivity contribution in [2.24, 2.45) is 11.8 Å². The second kappa shape index (κ2) is 33.0. The van der Waals surface area contributed by atoms with E-state index >= 15 is 0 Å². The molecular formula is C56H88N2O4S3. The summed E-state index contributed by atoms with van der Waals surface area (Å²) in [6.45, 7) is 9.09. The third-order valence-corrected chi connectivity index (χ3v) is 16.4. The smallest absolute Gasteiger partial charge is 0.337 e. The number of carboxylic acids is 2. The van der Waals surface area contributed by atoms with Crippen LogP contribution in [-0.4, -0.2) is 30.9 Å². The largest absolute Gasteiger partial charge is 0.478 e. The Bertz CT molecular complexity index is 1760. The van der Waals surface area contributed by atoms with E-state index in [1.165, 1.54) is 239 Å². The van der Waals surface area contributed by atoms with Gasteiger partial charge in [0.1, 0.15) is 11.0 Å². The van der Waals surface area contributed by atoms with Crippen molar-refractivity contribution in [1.29, 1.82) is 0 Å². The Labute approximate surface area is 407 Å². The highest BCUT2D eigenvalue weighted by molar-refractivity contribution is 7.14. The summed E-state index contributed by atoms with van der Waals surface area (Å²) in [4.78, 5) is 28.2. The van der Waals surface area contributed by atoms with E-state index in [-0.39, 0.29) is 11.1 Å². The van der Waals surface area contributed by atoms with Crippen molar-refractivity contribution in [2.45, 2.75) is 246 Å². The van der Waals surface area contributed by atoms with Crippen LogP contribution < -0.4 is 0 Å². The minimum atomic E-state index is -1.24. The first kappa shape index (κ1) is 55.0. The van der Waals surface area contributed by atoms with Crippen LogP contribution in [0.15, 0.2) is 22.9 Å². The summed E-state index contributed by atoms with van der Waals surface area (Å²) in [5, 5.41) is 26.1. The maximum Gasteiger partial charge on any atom is 0.337 e. The predicted molar refractivity (Wildman–Crippen MR) is 283 cm³/mol. The number of carboxylic acid groups (broad SMARTS) is 2. The quantitative estimate of drug-likeness (QED) is 0.0431. The monoisotopic (exact) mass is 949 g/mol. The van der Waals surface area contributed by atoms with Crippen LogP contribution in [0.25, 0.3) is 31.9 Å². The van der Waals surface area contributed by atoms with E-state index in [2.05, 4.69) is 50.6 Å². The van der Waals surface area contributed by atoms with Crippen LogP contribution in [0, 0.1) is 11.8 Å². The highest BCUT2D eigenvalue weighted by Gasteiger charge is 2.32. The molecule has 0 aliphatic heterocycles. The molecule has 0 aliphatic carbocycles. The van der Waals surface area contributed by atoms with E-state index in [0.29, 0.717) is 34.0 Å². The van der Waals surface area contributed by atoms with Crippen LogP contribution in [-0.2, 0) is 12.8 Å². The second-order valence-electron chi connectivity index (χ2n) is 19.5. The van der Waals surface area contributed by atoms with Gasteiger partial charge in [-0.1, -0.05) is 233 Å². The lowest BCUT2D eigenvalue weighted by Crippen LogP contribution is -2.12. The molecule has 1 aromatic carbocycles. The van der Waals surface area contributed by atoms with Gasteiger partial charge >= 0.3 is 11.9 Å². The Kier molecular flexibility index (Phi) is 27.9. The van der Waals surface area contributed by atoms with E-state index in [0.717, 1.165) is 34.3 Å². The molecular weight excluding hydrogens is 861 g/mol. The van der Waals surface area contributed by atoms with Crippen molar-refractivity contribution in [2.75, 3.05) is 0 Å². The molecule has 0 aliphatic rings. The zero-order valence-electron chi connectivity index (χ0n) is 41.3. The molecule has 4 rings (SSSR count). The minimum Gasteiger partial charge on any atom is -0.478 e. The topological polar surface area (TPSA) is 100 Å². The van der Waals surface area contributed by atoms with Crippen molar-refractivity contribution >= 4 is 57.4 Å². The molecule has 364 valence electrons. The summed E-state index contributed by atoms with van der Waals surface area (Å²) in [5.41, 5.74) is 3.86. The van der Waals surface area contributed by atoms with E-state index in [1.54, 1.807) is 0 Å². The number of aromatic carboxylic acids is 2. The maximum atomic E-state index is 13.4. The number of fused-ring (bicyclic) bond motifs is 1. The fourth-order valence-electron chi connectivity index (χ4n) is 10.1. The van der Waals surface area contributed by atoms with Gasteiger partial charge in [-0.15, -0.1) is 22.7 Å². The van der Waals surface area contributed by atoms with E-state index < -0.39 is 11.9 Å². The molecule has 0 radical (unpaired) electrons. The first-order chi connectivity index (χ1) is 31.8. The number of hydrogen-bond donors (Lipinski definition) is 2. The predicted octanol–water partition coefficient (Wildman–Crippen LogP) is 19.4. The Morgan fingerprint density at radius 2 is 0.723 bits per heavy atom. The molecule has 0 amide bonds. The Balaban J connectivity index is 1.56. The van der Waals surface area contributed by atoms with Gasteiger partial charge in [0.25, 0.3) is 0 Å². The number of hydrogen-bond acceptors (Lipinski definition) is 7. The lowest BCUT2D eigenvalue weighted by Gasteiger charge is -2.17. The average Bonchev–Trinajstić information content (AvgIpc) is 4.09. The first-order valence-corrected chi connectivity index (χ1v) is 29.3. The van der Waals surface area contributed by atoms with Gasteiger partial charge in [0.2, 0.25) is 0 Å². The molecule has 2 unspecified atom stereocenters. The normalized spacial score (nSPS) is 12.7. The molecule has 0 bridgehead atoms. The zero-order valence-corrected chi connectivity index (χ0v) is 43.8. The van der Waals surface area contributed by atoms with Crippen molar-refractivity contribution < 1.29 is 19.8 Å². The van der Waals surface area contributed by atoms with E-state index in [9.17, 15) is 19.8 Å². The molecule has 0 spiro atoms. The van der Waals surface area contributed by atoms with Gasteiger partial charge in [-0.3, -0.25) is 0 Å². The Morgan fingerprint density at radius 1 is 0.446 bits per heavy atom. The molecule has 4 aromatic rings. The van der Waals surface area contributed by atoms with Crippen LogP contribution in [0.2, 0.25) is 0 Å². The molecule has 9 heteroatoms. The lowest BCUT2D eigenvalue weighted by molar-refractivity contribution is 0.0653. The van der Waals surface area contributed by atoms with Gasteiger partial charge in [0, 0.05) is 20.9 Å². The number of thiophene rings is 2. The summed E-state index contributed by atoms with van der Waals surface area (Å²) in [6, 6.07) is 4.25. The highest BCUT2D eigenvalue weighted by Crippen LogP contribution is 2.45. The number of aromatic nitrogens is 2. The number of carbonyl (C=O) groups is 2. The molecule has 0 saturated heterocycles. The summed E-state index contributed by atoms with van der Waals surface area (Å²) < 4.78 is 9.44. The highest BCUT2D eigenvalue weighted by atomic mass is 32.1. The fraction of sp³-hybridized carbons (Fsp3) is 0.714. The van der Waals surface area contributed by atoms with Crippen LogP contribution >= 0.6 is 34.4 Å². The van der Waals surface area contributed by atoms with Crippen molar-refractivity contribution in [1.82, 2.24) is 8.75 Å². The lowest BCUT2D eigenvalue weighted by atomic mass is 9.88. The summed E-state index contributed by atoms with van der Waals surface area (Å²) in [5.74, 6) is -1.31. The molecule has 3 heterocycles. The van der Waals surface area contributed by atoms with Crippen LogP contribution in [0.5, 0.6) is 0 Å². The van der Waals surface area contributed by atoms with Crippen molar-refractivity contribution in [3.63, 3.8) is 0 Å². The fourth-order valence-corrected chi connectivity index (χ4v) is 12.6. The molecule has 6 nitrogen and oxygen atoms in total. The molecule has 0 saturated carbocycles. The van der Waals surface area contributed by atoms with Crippen molar-refractivity contribution in [3.8, 4) is 20.9 Å². The third-order valence-electron chi connectivity index (χ3n) is 13.9. The SMILES string of the molecule is CCCCCCCCCCC(CCCCCCCC)Cc1csc(-c2c(C(=O)O)c(C(=O)O)c(-c3cc(CC(CCCCCCCC)CCCCCCCCCC)cs3)c3nsnc23)c1. The van der Waals surface area contributed by atoms with Gasteiger partial charge in [-0.05, 0) is 58.7 Å². The number of rotatable bonds is 40. The van der Waals surface area contributed by atoms with E-state index in [1.807, 2.05) is 0 Å². The molecule has 65 heavy (non-hydrogen) atoms. The van der Waals surface area contributed by atoms with Gasteiger partial charge in [-0.25, -0.2) is 9.59 Å². The van der Waals surface area contributed by atoms with Crippen LogP contribution in [0.1, 0.15) is 265 Å². The molecule has 2 N–H and O–H groups in total. The third kappa shape index (κ3) is 19.5. The summed E-state index contributed by atoms with van der Waals surface area (Å²) >= 11 is 4.07. The first-order valence-electron chi connectivity index (χ1n) is 26.8. The van der Waals surface area contributed by atoms with Gasteiger partial charge in [-0.2, -0.15) is 8.75 Å². The summed E-state index contributed by atoms with van der Waals surface area (Å²) in [6.07, 6.45) is 43.4. The number of unbranched alkanes of at least 4 members (excludes halogenated alkanes) is 24. The minimum absolute atomic E-state index is 0.172. The van der Waals surface area contributed by atoms with E-state index in [4.69, 9.17) is 8.75 Å². The second-order valence-corrected chi connectivity index (χ2v) is 21.8. The van der Waals surface area contributed by atoms with Crippen LogP contribution in [0.4, 0.5) is 0 Å². The molecule has 0 fully saturated rings. The van der Waals surface area contributed by atoms with Crippen LogP contribution in [0.3, 0.4) is 0 Å². The van der Waals surface area contributed by atoms with Gasteiger partial charge in [0.15, 0.2) is 0 Å². The van der Waals surface area contributed by atoms with Gasteiger partial charge < -0.3 is 10.2 Å². The standard InChI is InChI=1S/C56H88N2O4S3/c1-5-9-13-17-21-23-27-31-35-43(33-29-25-19-15-11-7-3)37-45-39-47(63-41-45)49-51(55(59)60)52(56(61)62)50(54-53(49)57-65-58-54)48-40-46(42-64-48)38-44(34-30-26-20-16-12-8-4)36-32-28-24-22-18-14-10-6-2/h39-44H,5-38H2,1-4H3,(H,59,60)(H,61,62). The molecule has 2 atom stereocenters. The Hall–Kier alpha value is -2.62. The number of benzene rings is 1. The zero-order chi connectivity index (χ0) is 46.5. The number of nitrogens with zero attached hydrogens (tertiary/aromatic N) is 2. The van der Waals surface area contributed by atoms with Crippen molar-refractivity contribution in [3.05, 3.63) is 45.1 Å².